The molecule has 0 spiro atoms. The highest BCUT2D eigenvalue weighted by molar-refractivity contribution is 6.34. The van der Waals surface area contributed by atoms with Gasteiger partial charge in [0.1, 0.15) is 5.75 Å². The van der Waals surface area contributed by atoms with Crippen LogP contribution in [0.5, 0.6) is 5.75 Å². The number of carboxylic acid groups (broad SMARTS) is 1. The molecule has 1 N–H and O–H groups in total. The normalized spacial score (nSPS) is 15.1. The summed E-state index contributed by atoms with van der Waals surface area (Å²) in [6.45, 7) is 0.380. The number of carbonyl (C=O) groups excluding carboxylic acids is 1. The molecule has 1 unspecified atom stereocenters. The molecule has 2 heterocycles. The van der Waals surface area contributed by atoms with Crippen LogP contribution in [0.4, 0.5) is 0 Å². The van der Waals surface area contributed by atoms with Gasteiger partial charge in [-0.3, -0.25) is 9.48 Å². The van der Waals surface area contributed by atoms with E-state index in [9.17, 15) is 9.59 Å². The van der Waals surface area contributed by atoms with Crippen molar-refractivity contribution < 1.29 is 19.4 Å². The largest absolute Gasteiger partial charge is 0.482 e. The summed E-state index contributed by atoms with van der Waals surface area (Å²) in [4.78, 5) is 26.6. The zero-order valence-electron chi connectivity index (χ0n) is 19.2. The minimum absolute atomic E-state index is 0.0608. The fourth-order valence-electron chi connectivity index (χ4n) is 4.78. The first kappa shape index (κ1) is 24.2. The van der Waals surface area contributed by atoms with E-state index in [1.54, 1.807) is 22.9 Å². The summed E-state index contributed by atoms with van der Waals surface area (Å²) >= 11 is 12.6. The number of aliphatic carboxylic acids is 1. The number of para-hydroxylation sites is 1. The average Bonchev–Trinajstić information content (AvgIpc) is 3.21. The van der Waals surface area contributed by atoms with Crippen LogP contribution in [0.1, 0.15) is 29.2 Å². The van der Waals surface area contributed by atoms with E-state index in [4.69, 9.17) is 33.0 Å². The van der Waals surface area contributed by atoms with Crippen molar-refractivity contribution in [3.8, 4) is 5.75 Å². The van der Waals surface area contributed by atoms with Crippen LogP contribution in [0.2, 0.25) is 10.2 Å². The summed E-state index contributed by atoms with van der Waals surface area (Å²) in [7, 11) is 0. The quantitative estimate of drug-likeness (QED) is 0.352. The molecule has 3 aromatic carbocycles. The molecule has 184 valence electrons. The molecule has 1 aromatic heterocycles. The van der Waals surface area contributed by atoms with Crippen molar-refractivity contribution in [1.29, 1.82) is 0 Å². The number of ether oxygens (including phenoxy) is 1. The molecule has 0 radical (unpaired) electrons. The van der Waals surface area contributed by atoms with Gasteiger partial charge in [0, 0.05) is 28.9 Å². The standard InChI is InChI=1S/C27H23Cl2N3O4/c28-18-9-10-23(36-16-25(34)35)21(15-18)26-19-6-2-1-5-17(19)11-13-31(26)24(33)12-14-32-22-8-4-3-7-20(22)27(29)30-32/h1-10,15,26H,11-14,16H2,(H,34,35). The van der Waals surface area contributed by atoms with Crippen LogP contribution in [-0.4, -0.2) is 44.8 Å². The van der Waals surface area contributed by atoms with Crippen molar-refractivity contribution in [3.63, 3.8) is 0 Å². The van der Waals surface area contributed by atoms with Crippen LogP contribution < -0.4 is 4.74 Å². The molecule has 7 nitrogen and oxygen atoms in total. The van der Waals surface area contributed by atoms with Gasteiger partial charge >= 0.3 is 5.97 Å². The second kappa shape index (κ2) is 10.2. The van der Waals surface area contributed by atoms with E-state index in [2.05, 4.69) is 5.10 Å². The van der Waals surface area contributed by atoms with Gasteiger partial charge < -0.3 is 14.7 Å². The van der Waals surface area contributed by atoms with Crippen LogP contribution in [0.15, 0.2) is 66.7 Å². The number of amides is 1. The first-order valence-corrected chi connectivity index (χ1v) is 12.3. The number of hydrogen-bond acceptors (Lipinski definition) is 4. The highest BCUT2D eigenvalue weighted by atomic mass is 35.5. The van der Waals surface area contributed by atoms with Crippen LogP contribution >= 0.6 is 23.2 Å². The van der Waals surface area contributed by atoms with Gasteiger partial charge in [0.2, 0.25) is 5.91 Å². The predicted octanol–water partition coefficient (Wildman–Crippen LogP) is 5.37. The van der Waals surface area contributed by atoms with E-state index in [1.807, 2.05) is 53.4 Å². The van der Waals surface area contributed by atoms with E-state index in [0.29, 0.717) is 41.0 Å². The van der Waals surface area contributed by atoms with Crippen molar-refractivity contribution in [2.24, 2.45) is 0 Å². The number of carboxylic acids is 1. The summed E-state index contributed by atoms with van der Waals surface area (Å²) in [6, 6.07) is 20.1. The van der Waals surface area contributed by atoms with Gasteiger partial charge in [-0.2, -0.15) is 5.10 Å². The smallest absolute Gasteiger partial charge is 0.341 e. The zero-order valence-corrected chi connectivity index (χ0v) is 20.7. The zero-order chi connectivity index (χ0) is 25.2. The molecule has 1 atom stereocenters. The third kappa shape index (κ3) is 4.76. The average molecular weight is 524 g/mol. The molecule has 0 aliphatic carbocycles. The lowest BCUT2D eigenvalue weighted by Crippen LogP contribution is -2.41. The van der Waals surface area contributed by atoms with Crippen molar-refractivity contribution in [3.05, 3.63) is 93.6 Å². The number of rotatable bonds is 7. The Morgan fingerprint density at radius 1 is 1.03 bits per heavy atom. The molecule has 5 rings (SSSR count). The fourth-order valence-corrected chi connectivity index (χ4v) is 5.21. The molecular weight excluding hydrogens is 501 g/mol. The summed E-state index contributed by atoms with van der Waals surface area (Å²) in [5, 5.41) is 15.3. The molecule has 4 aromatic rings. The number of aromatic nitrogens is 2. The molecule has 1 amide bonds. The number of carbonyl (C=O) groups is 2. The number of nitrogens with zero attached hydrogens (tertiary/aromatic N) is 3. The van der Waals surface area contributed by atoms with E-state index in [-0.39, 0.29) is 12.3 Å². The topological polar surface area (TPSA) is 84.7 Å². The van der Waals surface area contributed by atoms with Gasteiger partial charge in [0.25, 0.3) is 0 Å². The van der Waals surface area contributed by atoms with E-state index in [0.717, 1.165) is 22.0 Å². The van der Waals surface area contributed by atoms with E-state index >= 15 is 0 Å². The molecule has 0 fully saturated rings. The number of aryl methyl sites for hydroxylation is 1. The summed E-state index contributed by atoms with van der Waals surface area (Å²) in [6.07, 6.45) is 0.924. The lowest BCUT2D eigenvalue weighted by Gasteiger charge is -2.38. The molecule has 1 aliphatic rings. The lowest BCUT2D eigenvalue weighted by atomic mass is 9.87. The van der Waals surface area contributed by atoms with Crippen molar-refractivity contribution >= 4 is 46.0 Å². The maximum atomic E-state index is 13.7. The Kier molecular flexibility index (Phi) is 6.85. The number of fused-ring (bicyclic) bond motifs is 2. The van der Waals surface area contributed by atoms with Crippen LogP contribution in [-0.2, 0) is 22.6 Å². The van der Waals surface area contributed by atoms with Gasteiger partial charge in [0.15, 0.2) is 11.8 Å². The molecule has 0 saturated heterocycles. The van der Waals surface area contributed by atoms with Crippen LogP contribution in [0, 0.1) is 0 Å². The monoisotopic (exact) mass is 523 g/mol. The van der Waals surface area contributed by atoms with Crippen LogP contribution in [0.25, 0.3) is 10.9 Å². The first-order valence-electron chi connectivity index (χ1n) is 11.5. The Hall–Kier alpha value is -3.55. The van der Waals surface area contributed by atoms with Gasteiger partial charge in [-0.05, 0) is 47.9 Å². The number of hydrogen-bond donors (Lipinski definition) is 1. The molecule has 9 heteroatoms. The minimum Gasteiger partial charge on any atom is -0.482 e. The predicted molar refractivity (Wildman–Crippen MR) is 138 cm³/mol. The first-order chi connectivity index (χ1) is 17.4. The minimum atomic E-state index is -1.09. The maximum absolute atomic E-state index is 13.7. The molecule has 1 aliphatic heterocycles. The van der Waals surface area contributed by atoms with Crippen LogP contribution in [0.3, 0.4) is 0 Å². The van der Waals surface area contributed by atoms with Gasteiger partial charge in [0.05, 0.1) is 18.1 Å². The Balaban J connectivity index is 1.48. The lowest BCUT2D eigenvalue weighted by molar-refractivity contribution is -0.139. The highest BCUT2D eigenvalue weighted by Gasteiger charge is 2.34. The summed E-state index contributed by atoms with van der Waals surface area (Å²) in [5.41, 5.74) is 3.61. The summed E-state index contributed by atoms with van der Waals surface area (Å²) in [5.74, 6) is -0.765. The molecule has 36 heavy (non-hydrogen) atoms. The molecule has 0 bridgehead atoms. The SMILES string of the molecule is O=C(O)COc1ccc(Cl)cc1C1c2ccccc2CCN1C(=O)CCn1nc(Cl)c2ccccc21. The molecule has 0 saturated carbocycles. The number of halogens is 2. The van der Waals surface area contributed by atoms with Gasteiger partial charge in [-0.25, -0.2) is 4.79 Å². The maximum Gasteiger partial charge on any atom is 0.341 e. The Bertz CT molecular complexity index is 1450. The third-order valence-corrected chi connectivity index (χ3v) is 6.89. The van der Waals surface area contributed by atoms with Gasteiger partial charge in [-0.15, -0.1) is 0 Å². The Labute approximate surface area is 217 Å². The molecular formula is C27H23Cl2N3O4. The third-order valence-electron chi connectivity index (χ3n) is 6.37. The van der Waals surface area contributed by atoms with Crippen molar-refractivity contribution in [2.75, 3.05) is 13.2 Å². The Morgan fingerprint density at radius 3 is 2.64 bits per heavy atom. The highest BCUT2D eigenvalue weighted by Crippen LogP contribution is 2.41. The fraction of sp³-hybridized carbons (Fsp3) is 0.222. The Morgan fingerprint density at radius 2 is 1.81 bits per heavy atom. The van der Waals surface area contributed by atoms with Gasteiger partial charge in [-0.1, -0.05) is 59.6 Å². The second-order valence-electron chi connectivity index (χ2n) is 8.58. The van der Waals surface area contributed by atoms with Crippen molar-refractivity contribution in [1.82, 2.24) is 14.7 Å². The van der Waals surface area contributed by atoms with E-state index in [1.165, 1.54) is 0 Å². The van der Waals surface area contributed by atoms with E-state index < -0.39 is 18.6 Å². The number of benzene rings is 3. The van der Waals surface area contributed by atoms with Crippen molar-refractivity contribution in [2.45, 2.75) is 25.4 Å². The summed E-state index contributed by atoms with van der Waals surface area (Å²) < 4.78 is 7.36. The second-order valence-corrected chi connectivity index (χ2v) is 9.38.